The van der Waals surface area contributed by atoms with Crippen LogP contribution in [0.5, 0.6) is 0 Å². The van der Waals surface area contributed by atoms with Gasteiger partial charge in [-0.25, -0.2) is 4.52 Å². The Hall–Kier alpha value is -1.88. The molecule has 19 heavy (non-hydrogen) atoms. The summed E-state index contributed by atoms with van der Waals surface area (Å²) in [6.45, 7) is 3.00. The fourth-order valence-corrected chi connectivity index (χ4v) is 2.44. The zero-order chi connectivity index (χ0) is 13.3. The Morgan fingerprint density at radius 1 is 1.58 bits per heavy atom. The average molecular weight is 259 g/mol. The number of pyridine rings is 1. The van der Waals surface area contributed by atoms with Crippen LogP contribution in [0.25, 0.3) is 5.52 Å². The van der Waals surface area contributed by atoms with Crippen LogP contribution in [0.4, 0.5) is 0 Å². The minimum atomic E-state index is -0.664. The van der Waals surface area contributed by atoms with Crippen molar-refractivity contribution in [1.29, 1.82) is 0 Å². The smallest absolute Gasteiger partial charge is 0.252 e. The molecule has 1 N–H and O–H groups in total. The Bertz CT molecular complexity index is 600. The first kappa shape index (κ1) is 12.2. The number of hydrogen-bond donors (Lipinski definition) is 1. The predicted octanol–water partition coefficient (Wildman–Crippen LogP) is 1.52. The van der Waals surface area contributed by atoms with Gasteiger partial charge in [-0.1, -0.05) is 6.07 Å². The van der Waals surface area contributed by atoms with E-state index >= 15 is 0 Å². The molecule has 1 aliphatic heterocycles. The molecule has 100 valence electrons. The molecule has 0 spiro atoms. The summed E-state index contributed by atoms with van der Waals surface area (Å²) in [6, 6.07) is 5.88. The molecule has 2 aromatic heterocycles. The molecule has 1 saturated heterocycles. The van der Waals surface area contributed by atoms with E-state index in [0.29, 0.717) is 13.2 Å². The zero-order valence-electron chi connectivity index (χ0n) is 10.9. The van der Waals surface area contributed by atoms with Crippen LogP contribution in [0.3, 0.4) is 0 Å². The number of carbonyl (C=O) groups excluding carboxylic acids is 1. The Labute approximate surface area is 111 Å². The molecular formula is C14H17N3O2. The lowest BCUT2D eigenvalue weighted by Gasteiger charge is -2.21. The first-order valence-corrected chi connectivity index (χ1v) is 6.52. The van der Waals surface area contributed by atoms with Crippen molar-refractivity contribution in [1.82, 2.24) is 14.9 Å². The molecule has 1 aliphatic rings. The lowest BCUT2D eigenvalue weighted by atomic mass is 10.0. The van der Waals surface area contributed by atoms with E-state index in [1.807, 2.05) is 31.3 Å². The highest BCUT2D eigenvalue weighted by Gasteiger charge is 2.37. The third kappa shape index (κ3) is 2.21. The van der Waals surface area contributed by atoms with E-state index in [2.05, 4.69) is 10.4 Å². The maximum Gasteiger partial charge on any atom is 0.252 e. The van der Waals surface area contributed by atoms with Crippen LogP contribution >= 0.6 is 0 Å². The maximum atomic E-state index is 12.1. The summed E-state index contributed by atoms with van der Waals surface area (Å²) in [6.07, 6.45) is 5.41. The van der Waals surface area contributed by atoms with Crippen LogP contribution in [-0.4, -0.2) is 27.7 Å². The summed E-state index contributed by atoms with van der Waals surface area (Å²) in [5, 5.41) is 7.19. The van der Waals surface area contributed by atoms with Crippen LogP contribution in [0.2, 0.25) is 0 Å². The van der Waals surface area contributed by atoms with E-state index in [1.165, 1.54) is 0 Å². The Morgan fingerprint density at radius 2 is 2.47 bits per heavy atom. The number of nitrogens with zero attached hydrogens (tertiary/aromatic N) is 2. The highest BCUT2D eigenvalue weighted by molar-refractivity contribution is 5.85. The van der Waals surface area contributed by atoms with Gasteiger partial charge < -0.3 is 10.1 Å². The maximum absolute atomic E-state index is 12.1. The van der Waals surface area contributed by atoms with Crippen LogP contribution in [0.1, 0.15) is 25.3 Å². The largest absolute Gasteiger partial charge is 0.365 e. The number of carbonyl (C=O) groups is 1. The minimum absolute atomic E-state index is 0.0414. The monoisotopic (exact) mass is 259 g/mol. The van der Waals surface area contributed by atoms with Gasteiger partial charge in [-0.15, -0.1) is 0 Å². The molecule has 3 rings (SSSR count). The van der Waals surface area contributed by atoms with Gasteiger partial charge in [-0.2, -0.15) is 5.10 Å². The quantitative estimate of drug-likeness (QED) is 0.909. The fraction of sp³-hybridized carbons (Fsp3) is 0.429. The van der Waals surface area contributed by atoms with Crippen molar-refractivity contribution in [3.8, 4) is 0 Å². The van der Waals surface area contributed by atoms with E-state index in [9.17, 15) is 4.79 Å². The van der Waals surface area contributed by atoms with Gasteiger partial charge in [0.25, 0.3) is 5.91 Å². The van der Waals surface area contributed by atoms with Crippen LogP contribution in [0, 0.1) is 0 Å². The third-order valence-corrected chi connectivity index (χ3v) is 3.64. The van der Waals surface area contributed by atoms with Gasteiger partial charge in [0.15, 0.2) is 0 Å². The van der Waals surface area contributed by atoms with E-state index < -0.39 is 5.60 Å². The van der Waals surface area contributed by atoms with Crippen molar-refractivity contribution < 1.29 is 9.53 Å². The number of fused-ring (bicyclic) bond motifs is 1. The van der Waals surface area contributed by atoms with Gasteiger partial charge in [0.2, 0.25) is 0 Å². The first-order chi connectivity index (χ1) is 9.19. The van der Waals surface area contributed by atoms with Crippen LogP contribution < -0.4 is 5.32 Å². The van der Waals surface area contributed by atoms with Crippen molar-refractivity contribution in [3.05, 3.63) is 36.2 Å². The minimum Gasteiger partial charge on any atom is -0.365 e. The Morgan fingerprint density at radius 3 is 3.26 bits per heavy atom. The lowest BCUT2D eigenvalue weighted by Crippen LogP contribution is -2.43. The van der Waals surface area contributed by atoms with E-state index in [1.54, 1.807) is 10.7 Å². The molecule has 5 nitrogen and oxygen atoms in total. The molecule has 1 amide bonds. The summed E-state index contributed by atoms with van der Waals surface area (Å²) < 4.78 is 7.33. The van der Waals surface area contributed by atoms with E-state index in [-0.39, 0.29) is 5.91 Å². The molecule has 1 fully saturated rings. The van der Waals surface area contributed by atoms with Crippen molar-refractivity contribution in [3.63, 3.8) is 0 Å². The molecule has 0 unspecified atom stereocenters. The number of hydrogen-bond acceptors (Lipinski definition) is 3. The van der Waals surface area contributed by atoms with Gasteiger partial charge >= 0.3 is 0 Å². The molecule has 0 bridgehead atoms. The molecular weight excluding hydrogens is 242 g/mol. The van der Waals surface area contributed by atoms with Crippen molar-refractivity contribution in [2.24, 2.45) is 0 Å². The number of nitrogens with one attached hydrogen (secondary N) is 1. The normalized spacial score (nSPS) is 22.8. The number of ether oxygens (including phenoxy) is 1. The van der Waals surface area contributed by atoms with Gasteiger partial charge in [0, 0.05) is 24.9 Å². The average Bonchev–Trinajstić information content (AvgIpc) is 3.03. The van der Waals surface area contributed by atoms with E-state index in [0.717, 1.165) is 23.9 Å². The standard InChI is InChI=1S/C14H17N3O2/c1-14(6-4-8-19-14)13(18)15-9-11-10-16-17-7-3-2-5-12(11)17/h2-3,5,7,10H,4,6,8-9H2,1H3,(H,15,18)/t14-/m1/s1. The third-order valence-electron chi connectivity index (χ3n) is 3.64. The molecule has 3 heterocycles. The predicted molar refractivity (Wildman–Crippen MR) is 70.6 cm³/mol. The lowest BCUT2D eigenvalue weighted by molar-refractivity contribution is -0.139. The van der Waals surface area contributed by atoms with Gasteiger partial charge in [-0.05, 0) is 31.9 Å². The van der Waals surface area contributed by atoms with Crippen molar-refractivity contribution in [2.75, 3.05) is 6.61 Å². The number of aromatic nitrogens is 2. The molecule has 0 radical (unpaired) electrons. The second-order valence-electron chi connectivity index (χ2n) is 5.07. The highest BCUT2D eigenvalue weighted by Crippen LogP contribution is 2.25. The first-order valence-electron chi connectivity index (χ1n) is 6.52. The molecule has 2 aromatic rings. The van der Waals surface area contributed by atoms with Gasteiger partial charge in [0.1, 0.15) is 5.60 Å². The summed E-state index contributed by atoms with van der Waals surface area (Å²) in [5.74, 6) is -0.0414. The van der Waals surface area contributed by atoms with Crippen LogP contribution in [-0.2, 0) is 16.1 Å². The molecule has 1 atom stereocenters. The Kier molecular flexibility index (Phi) is 2.98. The summed E-state index contributed by atoms with van der Waals surface area (Å²) in [5.41, 5.74) is 1.36. The van der Waals surface area contributed by atoms with Crippen molar-refractivity contribution >= 4 is 11.4 Å². The SMILES string of the molecule is C[C@]1(C(=O)NCc2cnn3ccccc23)CCCO1. The van der Waals surface area contributed by atoms with Crippen LogP contribution in [0.15, 0.2) is 30.6 Å². The number of amides is 1. The summed E-state index contributed by atoms with van der Waals surface area (Å²) in [4.78, 5) is 12.1. The van der Waals surface area contributed by atoms with Crippen molar-refractivity contribution in [2.45, 2.75) is 31.9 Å². The van der Waals surface area contributed by atoms with Gasteiger partial charge in [-0.3, -0.25) is 4.79 Å². The molecule has 0 aromatic carbocycles. The molecule has 0 saturated carbocycles. The fourth-order valence-electron chi connectivity index (χ4n) is 2.44. The number of rotatable bonds is 3. The summed E-state index contributed by atoms with van der Waals surface area (Å²) in [7, 11) is 0. The van der Waals surface area contributed by atoms with E-state index in [4.69, 9.17) is 4.74 Å². The summed E-state index contributed by atoms with van der Waals surface area (Å²) >= 11 is 0. The topological polar surface area (TPSA) is 55.6 Å². The van der Waals surface area contributed by atoms with Gasteiger partial charge in [0.05, 0.1) is 11.7 Å². The zero-order valence-corrected chi connectivity index (χ0v) is 10.9. The second-order valence-corrected chi connectivity index (χ2v) is 5.07. The Balaban J connectivity index is 1.71. The molecule has 5 heteroatoms. The highest BCUT2D eigenvalue weighted by atomic mass is 16.5. The molecule has 0 aliphatic carbocycles. The second kappa shape index (κ2) is 4.66.